The highest BCUT2D eigenvalue weighted by molar-refractivity contribution is 9.10. The fraction of sp³-hybridized carbons (Fsp3) is 0.273. The zero-order chi connectivity index (χ0) is 11.5. The molecule has 0 aliphatic heterocycles. The van der Waals surface area contributed by atoms with E-state index in [1.807, 2.05) is 0 Å². The third-order valence-electron chi connectivity index (χ3n) is 2.27. The summed E-state index contributed by atoms with van der Waals surface area (Å²) in [6.45, 7) is 3.11. The molecule has 2 aromatic rings. The molecule has 0 aromatic carbocycles. The lowest BCUT2D eigenvalue weighted by atomic mass is 10.3. The van der Waals surface area contributed by atoms with Gasteiger partial charge in [0.2, 0.25) is 0 Å². The SMILES string of the molecule is CC(NCc1sccc1Br)c1cc(Br)cs1. The van der Waals surface area contributed by atoms with Gasteiger partial charge in [-0.25, -0.2) is 0 Å². The standard InChI is InChI=1S/C11H11Br2NS2/c1-7(10-4-8(12)6-16-10)14-5-11-9(13)2-3-15-11/h2-4,6-7,14H,5H2,1H3. The first-order chi connectivity index (χ1) is 7.66. The van der Waals surface area contributed by atoms with Crippen molar-refractivity contribution in [1.29, 1.82) is 0 Å². The summed E-state index contributed by atoms with van der Waals surface area (Å²) in [5.74, 6) is 0. The lowest BCUT2D eigenvalue weighted by Gasteiger charge is -2.11. The summed E-state index contributed by atoms with van der Waals surface area (Å²) in [5.41, 5.74) is 0. The highest BCUT2D eigenvalue weighted by Crippen LogP contribution is 2.27. The number of hydrogen-bond donors (Lipinski definition) is 1. The van der Waals surface area contributed by atoms with E-state index in [2.05, 4.69) is 67.0 Å². The van der Waals surface area contributed by atoms with E-state index in [1.54, 1.807) is 22.7 Å². The van der Waals surface area contributed by atoms with Gasteiger partial charge in [0.15, 0.2) is 0 Å². The average molecular weight is 381 g/mol. The van der Waals surface area contributed by atoms with Crippen molar-refractivity contribution in [3.05, 3.63) is 41.6 Å². The van der Waals surface area contributed by atoms with Crippen molar-refractivity contribution in [2.45, 2.75) is 19.5 Å². The topological polar surface area (TPSA) is 12.0 Å². The van der Waals surface area contributed by atoms with Gasteiger partial charge in [0.25, 0.3) is 0 Å². The lowest BCUT2D eigenvalue weighted by Crippen LogP contribution is -2.16. The zero-order valence-corrected chi connectivity index (χ0v) is 13.5. The molecule has 0 saturated heterocycles. The summed E-state index contributed by atoms with van der Waals surface area (Å²) in [6.07, 6.45) is 0. The van der Waals surface area contributed by atoms with Crippen molar-refractivity contribution in [3.8, 4) is 0 Å². The van der Waals surface area contributed by atoms with Gasteiger partial charge < -0.3 is 5.32 Å². The van der Waals surface area contributed by atoms with E-state index < -0.39 is 0 Å². The van der Waals surface area contributed by atoms with Gasteiger partial charge in [-0.1, -0.05) is 0 Å². The maximum Gasteiger partial charge on any atom is 0.0389 e. The Morgan fingerprint density at radius 2 is 2.19 bits per heavy atom. The molecule has 0 spiro atoms. The smallest absolute Gasteiger partial charge is 0.0389 e. The van der Waals surface area contributed by atoms with Crippen molar-refractivity contribution in [3.63, 3.8) is 0 Å². The molecule has 2 heterocycles. The average Bonchev–Trinajstić information content (AvgIpc) is 2.84. The van der Waals surface area contributed by atoms with Gasteiger partial charge in [-0.15, -0.1) is 22.7 Å². The molecule has 1 atom stereocenters. The van der Waals surface area contributed by atoms with Crippen LogP contribution < -0.4 is 5.32 Å². The third-order valence-corrected chi connectivity index (χ3v) is 6.08. The maximum absolute atomic E-state index is 3.54. The second kappa shape index (κ2) is 5.78. The van der Waals surface area contributed by atoms with Crippen LogP contribution in [0.3, 0.4) is 0 Å². The summed E-state index contributed by atoms with van der Waals surface area (Å²) in [4.78, 5) is 2.71. The molecule has 1 N–H and O–H groups in total. The van der Waals surface area contributed by atoms with Gasteiger partial charge in [0, 0.05) is 36.7 Å². The van der Waals surface area contributed by atoms with Crippen LogP contribution in [0.5, 0.6) is 0 Å². The van der Waals surface area contributed by atoms with Crippen molar-refractivity contribution in [1.82, 2.24) is 5.32 Å². The molecule has 1 unspecified atom stereocenters. The fourth-order valence-corrected chi connectivity index (χ4v) is 4.27. The number of halogens is 2. The van der Waals surface area contributed by atoms with Crippen LogP contribution in [0.2, 0.25) is 0 Å². The Morgan fingerprint density at radius 3 is 2.75 bits per heavy atom. The minimum Gasteiger partial charge on any atom is -0.305 e. The second-order valence-corrected chi connectivity index (χ2v) is 7.18. The van der Waals surface area contributed by atoms with Gasteiger partial charge >= 0.3 is 0 Å². The molecular formula is C11H11Br2NS2. The van der Waals surface area contributed by atoms with E-state index >= 15 is 0 Å². The van der Waals surface area contributed by atoms with Gasteiger partial charge in [-0.3, -0.25) is 0 Å². The molecule has 0 amide bonds. The lowest BCUT2D eigenvalue weighted by molar-refractivity contribution is 0.586. The van der Waals surface area contributed by atoms with E-state index in [9.17, 15) is 0 Å². The first-order valence-electron chi connectivity index (χ1n) is 4.86. The zero-order valence-electron chi connectivity index (χ0n) is 8.67. The molecule has 0 radical (unpaired) electrons. The molecule has 0 aliphatic carbocycles. The molecule has 16 heavy (non-hydrogen) atoms. The Balaban J connectivity index is 1.93. The maximum atomic E-state index is 3.54. The predicted molar refractivity (Wildman–Crippen MR) is 79.3 cm³/mol. The quantitative estimate of drug-likeness (QED) is 0.769. The second-order valence-electron chi connectivity index (χ2n) is 3.46. The predicted octanol–water partition coefficient (Wildman–Crippen LogP) is 5.19. The van der Waals surface area contributed by atoms with Crippen LogP contribution in [0.15, 0.2) is 31.8 Å². The van der Waals surface area contributed by atoms with Crippen LogP contribution in [-0.4, -0.2) is 0 Å². The monoisotopic (exact) mass is 379 g/mol. The summed E-state index contributed by atoms with van der Waals surface area (Å²) in [5, 5.41) is 7.75. The van der Waals surface area contributed by atoms with E-state index in [1.165, 1.54) is 18.7 Å². The van der Waals surface area contributed by atoms with Gasteiger partial charge in [-0.05, 0) is 56.3 Å². The largest absolute Gasteiger partial charge is 0.305 e. The first kappa shape index (κ1) is 12.8. The van der Waals surface area contributed by atoms with Crippen LogP contribution in [0.25, 0.3) is 0 Å². The Bertz CT molecular complexity index is 464. The molecule has 2 rings (SSSR count). The number of thiophene rings is 2. The molecule has 0 saturated carbocycles. The molecule has 2 aromatic heterocycles. The van der Waals surface area contributed by atoms with Crippen LogP contribution in [0.1, 0.15) is 22.7 Å². The van der Waals surface area contributed by atoms with Crippen molar-refractivity contribution >= 4 is 54.5 Å². The van der Waals surface area contributed by atoms with Crippen LogP contribution in [0.4, 0.5) is 0 Å². The summed E-state index contributed by atoms with van der Waals surface area (Å²) >= 11 is 10.6. The molecule has 0 bridgehead atoms. The number of rotatable bonds is 4. The summed E-state index contributed by atoms with van der Waals surface area (Å²) < 4.78 is 2.36. The van der Waals surface area contributed by atoms with Gasteiger partial charge in [0.05, 0.1) is 0 Å². The first-order valence-corrected chi connectivity index (χ1v) is 8.20. The Hall–Kier alpha value is 0.320. The normalized spacial score (nSPS) is 12.9. The third kappa shape index (κ3) is 3.17. The minimum atomic E-state index is 0.394. The van der Waals surface area contributed by atoms with Crippen LogP contribution in [0, 0.1) is 0 Å². The fourth-order valence-electron chi connectivity index (χ4n) is 1.35. The Morgan fingerprint density at radius 1 is 1.38 bits per heavy atom. The minimum absolute atomic E-state index is 0.394. The molecule has 86 valence electrons. The summed E-state index contributed by atoms with van der Waals surface area (Å²) in [6, 6.07) is 4.66. The van der Waals surface area contributed by atoms with Crippen molar-refractivity contribution < 1.29 is 0 Å². The molecule has 5 heteroatoms. The van der Waals surface area contributed by atoms with E-state index in [0.29, 0.717) is 6.04 Å². The number of hydrogen-bond acceptors (Lipinski definition) is 3. The number of nitrogens with one attached hydrogen (secondary N) is 1. The van der Waals surface area contributed by atoms with E-state index in [4.69, 9.17) is 0 Å². The van der Waals surface area contributed by atoms with E-state index in [0.717, 1.165) is 6.54 Å². The summed E-state index contributed by atoms with van der Waals surface area (Å²) in [7, 11) is 0. The molecular weight excluding hydrogens is 370 g/mol. The van der Waals surface area contributed by atoms with Crippen molar-refractivity contribution in [2.75, 3.05) is 0 Å². The highest BCUT2D eigenvalue weighted by atomic mass is 79.9. The van der Waals surface area contributed by atoms with Crippen LogP contribution in [-0.2, 0) is 6.54 Å². The van der Waals surface area contributed by atoms with E-state index in [-0.39, 0.29) is 0 Å². The van der Waals surface area contributed by atoms with Crippen LogP contribution >= 0.6 is 54.5 Å². The van der Waals surface area contributed by atoms with Crippen molar-refractivity contribution in [2.24, 2.45) is 0 Å². The van der Waals surface area contributed by atoms with Gasteiger partial charge in [0.1, 0.15) is 0 Å². The van der Waals surface area contributed by atoms with Gasteiger partial charge in [-0.2, -0.15) is 0 Å². The highest BCUT2D eigenvalue weighted by Gasteiger charge is 2.08. The Labute approximate surface area is 120 Å². The molecule has 1 nitrogen and oxygen atoms in total. The Kier molecular flexibility index (Phi) is 4.61. The molecule has 0 aliphatic rings. The molecule has 0 fully saturated rings.